The summed E-state index contributed by atoms with van der Waals surface area (Å²) in [6.45, 7) is 6.85. The first-order valence-electron chi connectivity index (χ1n) is 8.86. The molecular weight excluding hydrogens is 292 g/mol. The van der Waals surface area contributed by atoms with Crippen molar-refractivity contribution < 1.29 is 9.90 Å². The molecule has 0 radical (unpaired) electrons. The number of aryl methyl sites for hydroxylation is 1. The summed E-state index contributed by atoms with van der Waals surface area (Å²) < 4.78 is 1.93. The molecule has 3 heterocycles. The quantitative estimate of drug-likeness (QED) is 0.875. The Bertz CT molecular complexity index is 538. The van der Waals surface area contributed by atoms with E-state index in [1.807, 2.05) is 15.8 Å². The third-order valence-corrected chi connectivity index (χ3v) is 5.07. The molecule has 1 amide bonds. The number of carbonyl (C=O) groups is 1. The monoisotopic (exact) mass is 320 g/mol. The van der Waals surface area contributed by atoms with Crippen molar-refractivity contribution in [3.63, 3.8) is 0 Å². The van der Waals surface area contributed by atoms with Gasteiger partial charge in [-0.1, -0.05) is 0 Å². The zero-order valence-corrected chi connectivity index (χ0v) is 14.1. The van der Waals surface area contributed by atoms with E-state index in [0.717, 1.165) is 58.4 Å². The van der Waals surface area contributed by atoms with Crippen LogP contribution in [-0.2, 0) is 17.8 Å². The minimum atomic E-state index is -1.18. The molecule has 0 aliphatic carbocycles. The Hall–Kier alpha value is -1.40. The molecule has 0 aromatic carbocycles. The second-order valence-electron chi connectivity index (χ2n) is 6.86. The summed E-state index contributed by atoms with van der Waals surface area (Å²) >= 11 is 0. The van der Waals surface area contributed by atoms with Gasteiger partial charge >= 0.3 is 0 Å². The minimum Gasteiger partial charge on any atom is -0.379 e. The number of hydrogen-bond donors (Lipinski definition) is 1. The van der Waals surface area contributed by atoms with Crippen molar-refractivity contribution in [2.45, 2.75) is 51.2 Å². The van der Waals surface area contributed by atoms with Gasteiger partial charge in [-0.3, -0.25) is 14.4 Å². The van der Waals surface area contributed by atoms with E-state index in [1.165, 1.54) is 5.56 Å². The van der Waals surface area contributed by atoms with Crippen LogP contribution in [0.1, 0.15) is 38.2 Å². The smallest absolute Gasteiger partial charge is 0.255 e. The number of nitrogens with zero attached hydrogens (tertiary/aromatic N) is 4. The summed E-state index contributed by atoms with van der Waals surface area (Å²) in [7, 11) is 0. The lowest BCUT2D eigenvalue weighted by atomic mass is 9.91. The maximum Gasteiger partial charge on any atom is 0.255 e. The molecule has 1 unspecified atom stereocenters. The predicted molar refractivity (Wildman–Crippen MR) is 88.0 cm³/mol. The van der Waals surface area contributed by atoms with Crippen LogP contribution in [0.2, 0.25) is 0 Å². The van der Waals surface area contributed by atoms with Crippen LogP contribution in [-0.4, -0.2) is 68.9 Å². The fourth-order valence-electron chi connectivity index (χ4n) is 3.70. The molecule has 0 saturated carbocycles. The molecule has 1 aromatic heterocycles. The lowest BCUT2D eigenvalue weighted by Crippen LogP contribution is -2.57. The first-order valence-corrected chi connectivity index (χ1v) is 8.86. The molecule has 2 saturated heterocycles. The Kier molecular flexibility index (Phi) is 5.02. The zero-order valence-electron chi connectivity index (χ0n) is 14.1. The van der Waals surface area contributed by atoms with Gasteiger partial charge in [0.05, 0.1) is 6.20 Å². The van der Waals surface area contributed by atoms with Gasteiger partial charge in [0.2, 0.25) is 0 Å². The van der Waals surface area contributed by atoms with E-state index in [2.05, 4.69) is 23.1 Å². The number of likely N-dealkylation sites (tertiary alicyclic amines) is 2. The average molecular weight is 320 g/mol. The van der Waals surface area contributed by atoms with Crippen molar-refractivity contribution in [1.29, 1.82) is 0 Å². The maximum absolute atomic E-state index is 12.6. The summed E-state index contributed by atoms with van der Waals surface area (Å²) in [5, 5.41) is 15.2. The van der Waals surface area contributed by atoms with Gasteiger partial charge < -0.3 is 10.0 Å². The standard InChI is InChI=1S/C17H28N4O2/c1-2-21-13-15(12-18-21)6-11-19-8-5-7-17(23,14-19)16(22)20-9-3-4-10-20/h12-13,23H,2-11,14H2,1H3. The largest absolute Gasteiger partial charge is 0.379 e. The van der Waals surface area contributed by atoms with E-state index in [9.17, 15) is 9.90 Å². The van der Waals surface area contributed by atoms with Crippen molar-refractivity contribution in [2.24, 2.45) is 0 Å². The molecule has 128 valence electrons. The molecule has 6 nitrogen and oxygen atoms in total. The fraction of sp³-hybridized carbons (Fsp3) is 0.765. The Labute approximate surface area is 138 Å². The number of carbonyl (C=O) groups excluding carboxylic acids is 1. The van der Waals surface area contributed by atoms with Crippen LogP contribution < -0.4 is 0 Å². The highest BCUT2D eigenvalue weighted by molar-refractivity contribution is 5.85. The van der Waals surface area contributed by atoms with Gasteiger partial charge in [-0.05, 0) is 51.1 Å². The number of piperidine rings is 1. The molecule has 1 aromatic rings. The zero-order chi connectivity index (χ0) is 16.3. The summed E-state index contributed by atoms with van der Waals surface area (Å²) in [6, 6.07) is 0. The van der Waals surface area contributed by atoms with Gasteiger partial charge in [0.1, 0.15) is 0 Å². The van der Waals surface area contributed by atoms with Crippen LogP contribution in [0.3, 0.4) is 0 Å². The number of amides is 1. The SMILES string of the molecule is CCn1cc(CCN2CCCC(O)(C(=O)N3CCCC3)C2)cn1. The van der Waals surface area contributed by atoms with Gasteiger partial charge in [0.15, 0.2) is 5.60 Å². The fourth-order valence-corrected chi connectivity index (χ4v) is 3.70. The van der Waals surface area contributed by atoms with Crippen LogP contribution in [0.5, 0.6) is 0 Å². The van der Waals surface area contributed by atoms with Crippen molar-refractivity contribution in [2.75, 3.05) is 32.7 Å². The molecule has 2 fully saturated rings. The first-order chi connectivity index (χ1) is 11.1. The number of aliphatic hydroxyl groups is 1. The van der Waals surface area contributed by atoms with Crippen molar-refractivity contribution >= 4 is 5.91 Å². The van der Waals surface area contributed by atoms with Crippen molar-refractivity contribution in [3.8, 4) is 0 Å². The number of β-amino-alcohol motifs (C(OH)–C–C–N with tert-alkyl or cyclic N) is 1. The third kappa shape index (κ3) is 3.75. The van der Waals surface area contributed by atoms with Crippen LogP contribution in [0.25, 0.3) is 0 Å². The molecule has 23 heavy (non-hydrogen) atoms. The lowest BCUT2D eigenvalue weighted by molar-refractivity contribution is -0.156. The maximum atomic E-state index is 12.6. The highest BCUT2D eigenvalue weighted by Gasteiger charge is 2.43. The summed E-state index contributed by atoms with van der Waals surface area (Å²) in [6.07, 6.45) is 8.49. The molecule has 2 aliphatic rings. The molecule has 2 aliphatic heterocycles. The molecule has 0 spiro atoms. The topological polar surface area (TPSA) is 61.6 Å². The van der Waals surface area contributed by atoms with E-state index >= 15 is 0 Å². The summed E-state index contributed by atoms with van der Waals surface area (Å²) in [5.74, 6) is -0.0569. The first kappa shape index (κ1) is 16.5. The Balaban J connectivity index is 1.55. The second kappa shape index (κ2) is 7.01. The molecule has 0 bridgehead atoms. The number of rotatable bonds is 5. The van der Waals surface area contributed by atoms with Gasteiger partial charge in [-0.2, -0.15) is 5.10 Å². The van der Waals surface area contributed by atoms with Gasteiger partial charge in [-0.25, -0.2) is 0 Å². The van der Waals surface area contributed by atoms with E-state index in [4.69, 9.17) is 0 Å². The molecular formula is C17H28N4O2. The van der Waals surface area contributed by atoms with Gasteiger partial charge in [0, 0.05) is 38.9 Å². The third-order valence-electron chi connectivity index (χ3n) is 5.07. The highest BCUT2D eigenvalue weighted by Crippen LogP contribution is 2.25. The molecule has 6 heteroatoms. The van der Waals surface area contributed by atoms with E-state index in [-0.39, 0.29) is 5.91 Å². The highest BCUT2D eigenvalue weighted by atomic mass is 16.3. The van der Waals surface area contributed by atoms with E-state index < -0.39 is 5.60 Å². The molecule has 1 atom stereocenters. The predicted octanol–water partition coefficient (Wildman–Crippen LogP) is 0.895. The second-order valence-corrected chi connectivity index (χ2v) is 6.86. The number of hydrogen-bond acceptors (Lipinski definition) is 4. The van der Waals surface area contributed by atoms with Crippen molar-refractivity contribution in [1.82, 2.24) is 19.6 Å². The van der Waals surface area contributed by atoms with Gasteiger partial charge in [0.25, 0.3) is 5.91 Å². The lowest BCUT2D eigenvalue weighted by Gasteiger charge is -2.40. The normalized spacial score (nSPS) is 25.9. The van der Waals surface area contributed by atoms with E-state index in [0.29, 0.717) is 13.0 Å². The van der Waals surface area contributed by atoms with Crippen LogP contribution in [0.15, 0.2) is 12.4 Å². The van der Waals surface area contributed by atoms with Crippen LogP contribution in [0, 0.1) is 0 Å². The summed E-state index contributed by atoms with van der Waals surface area (Å²) in [4.78, 5) is 16.7. The summed E-state index contributed by atoms with van der Waals surface area (Å²) in [5.41, 5.74) is 0.0303. The minimum absolute atomic E-state index is 0.0569. The average Bonchev–Trinajstić information content (AvgIpc) is 3.24. The van der Waals surface area contributed by atoms with Crippen LogP contribution in [0.4, 0.5) is 0 Å². The van der Waals surface area contributed by atoms with E-state index in [1.54, 1.807) is 0 Å². The number of aromatic nitrogens is 2. The molecule has 1 N–H and O–H groups in total. The van der Waals surface area contributed by atoms with Crippen LogP contribution >= 0.6 is 0 Å². The Morgan fingerprint density at radius 2 is 2.09 bits per heavy atom. The van der Waals surface area contributed by atoms with Crippen molar-refractivity contribution in [3.05, 3.63) is 18.0 Å². The Morgan fingerprint density at radius 3 is 2.78 bits per heavy atom. The molecule has 3 rings (SSSR count). The van der Waals surface area contributed by atoms with Gasteiger partial charge in [-0.15, -0.1) is 0 Å². The Morgan fingerprint density at radius 1 is 1.30 bits per heavy atom.